The molecule has 1 aliphatic carbocycles. The van der Waals surface area contributed by atoms with Crippen LogP contribution in [0.5, 0.6) is 5.88 Å². The zero-order valence-electron chi connectivity index (χ0n) is 8.80. The van der Waals surface area contributed by atoms with Crippen molar-refractivity contribution in [3.8, 4) is 5.88 Å². The number of rotatable bonds is 2. The van der Waals surface area contributed by atoms with Crippen LogP contribution in [-0.4, -0.2) is 22.1 Å². The van der Waals surface area contributed by atoms with Gasteiger partial charge in [0.1, 0.15) is 12.4 Å². The summed E-state index contributed by atoms with van der Waals surface area (Å²) in [7, 11) is 0. The molecule has 4 nitrogen and oxygen atoms in total. The summed E-state index contributed by atoms with van der Waals surface area (Å²) in [6, 6.07) is 1.92. The lowest BCUT2D eigenvalue weighted by atomic mass is 10.1. The largest absolute Gasteiger partial charge is 0.473 e. The maximum Gasteiger partial charge on any atom is 0.216 e. The molecule has 0 aliphatic heterocycles. The van der Waals surface area contributed by atoms with Gasteiger partial charge < -0.3 is 10.5 Å². The van der Waals surface area contributed by atoms with E-state index in [0.717, 1.165) is 12.8 Å². The molecule has 2 unspecified atom stereocenters. The van der Waals surface area contributed by atoms with Crippen LogP contribution in [0.3, 0.4) is 0 Å². The Bertz CT molecular complexity index is 291. The third kappa shape index (κ3) is 2.89. The van der Waals surface area contributed by atoms with Crippen LogP contribution in [0.1, 0.15) is 32.1 Å². The summed E-state index contributed by atoms with van der Waals surface area (Å²) in [5.74, 6) is 0.632. The van der Waals surface area contributed by atoms with Crippen molar-refractivity contribution in [2.45, 2.75) is 44.2 Å². The zero-order valence-corrected chi connectivity index (χ0v) is 8.80. The van der Waals surface area contributed by atoms with Crippen molar-refractivity contribution in [2.75, 3.05) is 0 Å². The minimum atomic E-state index is 0.113. The molecule has 0 bridgehead atoms. The van der Waals surface area contributed by atoms with Crippen molar-refractivity contribution in [3.63, 3.8) is 0 Å². The normalized spacial score (nSPS) is 27.0. The van der Waals surface area contributed by atoms with Crippen LogP contribution in [0, 0.1) is 0 Å². The predicted molar refractivity (Wildman–Crippen MR) is 57.5 cm³/mol. The molecule has 1 heterocycles. The monoisotopic (exact) mass is 207 g/mol. The number of nitrogens with two attached hydrogens (primary N) is 1. The number of hydrogen-bond acceptors (Lipinski definition) is 4. The Morgan fingerprint density at radius 1 is 1.27 bits per heavy atom. The Kier molecular flexibility index (Phi) is 3.50. The first kappa shape index (κ1) is 10.4. The summed E-state index contributed by atoms with van der Waals surface area (Å²) < 4.78 is 5.77. The van der Waals surface area contributed by atoms with Gasteiger partial charge in [-0.25, -0.2) is 9.97 Å². The fourth-order valence-corrected chi connectivity index (χ4v) is 1.95. The molecule has 2 rings (SSSR count). The summed E-state index contributed by atoms with van der Waals surface area (Å²) in [4.78, 5) is 7.90. The Hall–Kier alpha value is -1.16. The van der Waals surface area contributed by atoms with Gasteiger partial charge in [-0.15, -0.1) is 0 Å². The summed E-state index contributed by atoms with van der Waals surface area (Å²) in [6.45, 7) is 0. The number of ether oxygens (including phenoxy) is 1. The molecule has 2 atom stereocenters. The van der Waals surface area contributed by atoms with E-state index in [1.165, 1.54) is 25.6 Å². The van der Waals surface area contributed by atoms with E-state index < -0.39 is 0 Å². The van der Waals surface area contributed by atoms with Gasteiger partial charge in [-0.1, -0.05) is 12.8 Å². The lowest BCUT2D eigenvalue weighted by molar-refractivity contribution is 0.156. The molecule has 82 valence electrons. The lowest BCUT2D eigenvalue weighted by Gasteiger charge is -2.21. The molecule has 0 radical (unpaired) electrons. The lowest BCUT2D eigenvalue weighted by Crippen LogP contribution is -2.38. The van der Waals surface area contributed by atoms with Gasteiger partial charge in [0.25, 0.3) is 0 Å². The van der Waals surface area contributed by atoms with Crippen molar-refractivity contribution in [2.24, 2.45) is 5.73 Å². The Morgan fingerprint density at radius 2 is 2.13 bits per heavy atom. The van der Waals surface area contributed by atoms with Crippen molar-refractivity contribution >= 4 is 0 Å². The molecule has 0 saturated heterocycles. The number of aromatic nitrogens is 2. The van der Waals surface area contributed by atoms with Gasteiger partial charge in [-0.2, -0.15) is 0 Å². The van der Waals surface area contributed by atoms with Gasteiger partial charge in [0.05, 0.1) is 0 Å². The Morgan fingerprint density at radius 3 is 2.93 bits per heavy atom. The van der Waals surface area contributed by atoms with Crippen LogP contribution >= 0.6 is 0 Å². The van der Waals surface area contributed by atoms with E-state index in [-0.39, 0.29) is 12.1 Å². The van der Waals surface area contributed by atoms with E-state index in [4.69, 9.17) is 10.5 Å². The van der Waals surface area contributed by atoms with E-state index in [0.29, 0.717) is 5.88 Å². The topological polar surface area (TPSA) is 61.0 Å². The van der Waals surface area contributed by atoms with Crippen LogP contribution in [-0.2, 0) is 0 Å². The standard InChI is InChI=1S/C11H17N3O/c12-9-4-2-1-3-5-10(9)15-11-6-7-13-8-14-11/h6-10H,1-5,12H2. The molecule has 0 spiro atoms. The van der Waals surface area contributed by atoms with E-state index in [1.807, 2.05) is 0 Å². The van der Waals surface area contributed by atoms with Crippen molar-refractivity contribution in [1.82, 2.24) is 9.97 Å². The number of nitrogens with zero attached hydrogens (tertiary/aromatic N) is 2. The quantitative estimate of drug-likeness (QED) is 0.747. The molecule has 0 amide bonds. The first-order chi connectivity index (χ1) is 7.36. The van der Waals surface area contributed by atoms with Crippen LogP contribution in [0.15, 0.2) is 18.6 Å². The minimum absolute atomic E-state index is 0.113. The minimum Gasteiger partial charge on any atom is -0.473 e. The highest BCUT2D eigenvalue weighted by atomic mass is 16.5. The highest BCUT2D eigenvalue weighted by molar-refractivity contribution is 5.05. The van der Waals surface area contributed by atoms with E-state index >= 15 is 0 Å². The molecule has 0 aromatic carbocycles. The number of hydrogen-bond donors (Lipinski definition) is 1. The van der Waals surface area contributed by atoms with Crippen LogP contribution < -0.4 is 10.5 Å². The predicted octanol–water partition coefficient (Wildman–Crippen LogP) is 1.52. The molecule has 1 aromatic rings. The molecule has 2 N–H and O–H groups in total. The molecule has 1 aromatic heterocycles. The second-order valence-corrected chi connectivity index (χ2v) is 4.01. The van der Waals surface area contributed by atoms with Crippen LogP contribution in [0.2, 0.25) is 0 Å². The van der Waals surface area contributed by atoms with Crippen LogP contribution in [0.4, 0.5) is 0 Å². The molecule has 1 saturated carbocycles. The molecular formula is C11H17N3O. The third-order valence-corrected chi connectivity index (χ3v) is 2.83. The van der Waals surface area contributed by atoms with Gasteiger partial charge in [0, 0.05) is 18.3 Å². The summed E-state index contributed by atoms with van der Waals surface area (Å²) in [5.41, 5.74) is 6.06. The van der Waals surface area contributed by atoms with Crippen molar-refractivity contribution in [1.29, 1.82) is 0 Å². The highest BCUT2D eigenvalue weighted by Crippen LogP contribution is 2.20. The summed E-state index contributed by atoms with van der Waals surface area (Å²) >= 11 is 0. The molecule has 15 heavy (non-hydrogen) atoms. The first-order valence-corrected chi connectivity index (χ1v) is 5.54. The van der Waals surface area contributed by atoms with E-state index in [9.17, 15) is 0 Å². The average molecular weight is 207 g/mol. The SMILES string of the molecule is NC1CCCCCC1Oc1ccncn1. The van der Waals surface area contributed by atoms with Crippen molar-refractivity contribution < 1.29 is 4.74 Å². The molecule has 4 heteroatoms. The highest BCUT2D eigenvalue weighted by Gasteiger charge is 2.22. The van der Waals surface area contributed by atoms with Crippen molar-refractivity contribution in [3.05, 3.63) is 18.6 Å². The maximum absolute atomic E-state index is 6.06. The molecule has 1 fully saturated rings. The fourth-order valence-electron chi connectivity index (χ4n) is 1.95. The second-order valence-electron chi connectivity index (χ2n) is 4.01. The zero-order chi connectivity index (χ0) is 10.5. The van der Waals surface area contributed by atoms with Crippen LogP contribution in [0.25, 0.3) is 0 Å². The third-order valence-electron chi connectivity index (χ3n) is 2.83. The Labute approximate surface area is 89.9 Å². The van der Waals surface area contributed by atoms with Gasteiger partial charge in [0.15, 0.2) is 0 Å². The second kappa shape index (κ2) is 5.07. The van der Waals surface area contributed by atoms with Gasteiger partial charge in [0.2, 0.25) is 5.88 Å². The summed E-state index contributed by atoms with van der Waals surface area (Å²) in [6.07, 6.45) is 9.05. The first-order valence-electron chi connectivity index (χ1n) is 5.54. The average Bonchev–Trinajstić information content (AvgIpc) is 2.46. The van der Waals surface area contributed by atoms with Gasteiger partial charge in [-0.05, 0) is 19.3 Å². The molecule has 1 aliphatic rings. The van der Waals surface area contributed by atoms with E-state index in [1.54, 1.807) is 12.3 Å². The maximum atomic E-state index is 6.06. The van der Waals surface area contributed by atoms with Gasteiger partial charge in [-0.3, -0.25) is 0 Å². The smallest absolute Gasteiger partial charge is 0.216 e. The Balaban J connectivity index is 1.97. The fraction of sp³-hybridized carbons (Fsp3) is 0.636. The van der Waals surface area contributed by atoms with E-state index in [2.05, 4.69) is 9.97 Å². The molecular weight excluding hydrogens is 190 g/mol. The summed E-state index contributed by atoms with van der Waals surface area (Å²) in [5, 5.41) is 0. The van der Waals surface area contributed by atoms with Gasteiger partial charge >= 0.3 is 0 Å².